The monoisotopic (exact) mass is 325 g/mol. The van der Waals surface area contributed by atoms with E-state index in [0.717, 1.165) is 6.42 Å². The Bertz CT molecular complexity index is 976. The van der Waals surface area contributed by atoms with Crippen molar-refractivity contribution in [3.05, 3.63) is 90.3 Å². The number of hydrogen-bond donors (Lipinski definition) is 0. The van der Waals surface area contributed by atoms with Crippen LogP contribution >= 0.6 is 0 Å². The van der Waals surface area contributed by atoms with E-state index in [0.29, 0.717) is 17.5 Å². The van der Waals surface area contributed by atoms with Gasteiger partial charge in [-0.1, -0.05) is 60.7 Å². The Balaban J connectivity index is 1.58. The molecule has 1 heterocycles. The van der Waals surface area contributed by atoms with Crippen molar-refractivity contribution in [1.29, 1.82) is 0 Å². The van der Waals surface area contributed by atoms with Crippen molar-refractivity contribution >= 4 is 16.6 Å². The lowest BCUT2D eigenvalue weighted by Gasteiger charge is -2.27. The second-order valence-electron chi connectivity index (χ2n) is 7.19. The maximum atomic E-state index is 13.2. The standard InChI is InChI=1S/C23H19NO/c25-23(20-7-3-4-12-24-20)22-19-11-10-18(14-19)21(22)17-9-8-15-5-1-2-6-16(15)13-17/h1-13,18-19,21-22H,14H2/t18-,19+,21+,22+/m1/s1. The van der Waals surface area contributed by atoms with Gasteiger partial charge in [-0.25, -0.2) is 0 Å². The Morgan fingerprint density at radius 3 is 2.52 bits per heavy atom. The number of pyridine rings is 1. The van der Waals surface area contributed by atoms with E-state index in [1.165, 1.54) is 16.3 Å². The lowest BCUT2D eigenvalue weighted by Crippen LogP contribution is -2.27. The van der Waals surface area contributed by atoms with Gasteiger partial charge < -0.3 is 0 Å². The van der Waals surface area contributed by atoms with Gasteiger partial charge in [-0.2, -0.15) is 0 Å². The molecule has 2 aliphatic carbocycles. The number of carbonyl (C=O) groups excluding carboxylic acids is 1. The van der Waals surface area contributed by atoms with Crippen LogP contribution in [0.4, 0.5) is 0 Å². The first-order valence-corrected chi connectivity index (χ1v) is 8.93. The summed E-state index contributed by atoms with van der Waals surface area (Å²) >= 11 is 0. The van der Waals surface area contributed by atoms with Crippen LogP contribution in [0.2, 0.25) is 0 Å². The SMILES string of the molecule is O=C(c1ccccn1)[C@@H]1[C@@H](c2ccc3ccccc3c2)[C@@H]2C=C[C@H]1C2. The zero-order chi connectivity index (χ0) is 16.8. The van der Waals surface area contributed by atoms with Crippen molar-refractivity contribution in [1.82, 2.24) is 4.98 Å². The second-order valence-corrected chi connectivity index (χ2v) is 7.19. The van der Waals surface area contributed by atoms with E-state index >= 15 is 0 Å². The minimum atomic E-state index is 0.00561. The zero-order valence-electron chi connectivity index (χ0n) is 13.9. The van der Waals surface area contributed by atoms with E-state index in [9.17, 15) is 4.79 Å². The minimum Gasteiger partial charge on any atom is -0.292 e. The van der Waals surface area contributed by atoms with E-state index in [1.807, 2.05) is 18.2 Å². The molecule has 2 nitrogen and oxygen atoms in total. The summed E-state index contributed by atoms with van der Waals surface area (Å²) in [5, 5.41) is 2.49. The molecule has 5 rings (SSSR count). The summed E-state index contributed by atoms with van der Waals surface area (Å²) < 4.78 is 0. The summed E-state index contributed by atoms with van der Waals surface area (Å²) in [7, 11) is 0. The number of rotatable bonds is 3. The van der Waals surface area contributed by atoms with Gasteiger partial charge in [0, 0.05) is 18.0 Å². The van der Waals surface area contributed by atoms with Gasteiger partial charge in [-0.15, -0.1) is 0 Å². The smallest absolute Gasteiger partial charge is 0.185 e. The first-order valence-electron chi connectivity index (χ1n) is 8.93. The molecule has 1 fully saturated rings. The number of allylic oxidation sites excluding steroid dienone is 2. The van der Waals surface area contributed by atoms with Crippen LogP contribution in [-0.2, 0) is 0 Å². The largest absolute Gasteiger partial charge is 0.292 e. The molecular weight excluding hydrogens is 306 g/mol. The number of Topliss-reactive ketones (excluding diaryl/α,β-unsaturated/α-hetero) is 1. The highest BCUT2D eigenvalue weighted by molar-refractivity contribution is 5.97. The van der Waals surface area contributed by atoms with Crippen molar-refractivity contribution in [3.8, 4) is 0 Å². The van der Waals surface area contributed by atoms with E-state index in [-0.39, 0.29) is 17.6 Å². The van der Waals surface area contributed by atoms with Gasteiger partial charge in [0.05, 0.1) is 0 Å². The summed E-state index contributed by atoms with van der Waals surface area (Å²) in [6, 6.07) is 20.7. The average Bonchev–Trinajstić information content (AvgIpc) is 3.29. The lowest BCUT2D eigenvalue weighted by molar-refractivity contribution is 0.0881. The first kappa shape index (κ1) is 14.6. The minimum absolute atomic E-state index is 0.00561. The molecule has 122 valence electrons. The molecule has 1 aromatic heterocycles. The molecular formula is C23H19NO. The summed E-state index contributed by atoms with van der Waals surface area (Å²) in [4.78, 5) is 17.5. The second kappa shape index (κ2) is 5.66. The van der Waals surface area contributed by atoms with Gasteiger partial charge >= 0.3 is 0 Å². The van der Waals surface area contributed by atoms with Gasteiger partial charge in [0.25, 0.3) is 0 Å². The van der Waals surface area contributed by atoms with Crippen LogP contribution in [0.1, 0.15) is 28.4 Å². The third-order valence-electron chi connectivity index (χ3n) is 5.84. The number of hydrogen-bond acceptors (Lipinski definition) is 2. The molecule has 2 bridgehead atoms. The van der Waals surface area contributed by atoms with Crippen molar-refractivity contribution in [2.24, 2.45) is 17.8 Å². The molecule has 0 spiro atoms. The molecule has 0 aliphatic heterocycles. The Labute approximate surface area is 147 Å². The fourth-order valence-corrected chi connectivity index (χ4v) is 4.73. The molecule has 4 atom stereocenters. The Morgan fingerprint density at radius 1 is 0.880 bits per heavy atom. The highest BCUT2D eigenvalue weighted by atomic mass is 16.1. The van der Waals surface area contributed by atoms with Crippen molar-refractivity contribution in [3.63, 3.8) is 0 Å². The van der Waals surface area contributed by atoms with Crippen LogP contribution in [0.15, 0.2) is 79.0 Å². The maximum Gasteiger partial charge on any atom is 0.185 e. The van der Waals surface area contributed by atoms with E-state index in [2.05, 4.69) is 59.6 Å². The molecule has 0 saturated heterocycles. The van der Waals surface area contributed by atoms with Crippen molar-refractivity contribution in [2.75, 3.05) is 0 Å². The highest BCUT2D eigenvalue weighted by Crippen LogP contribution is 2.54. The fourth-order valence-electron chi connectivity index (χ4n) is 4.73. The molecule has 3 aromatic rings. The van der Waals surface area contributed by atoms with Crippen LogP contribution in [-0.4, -0.2) is 10.8 Å². The normalized spacial score (nSPS) is 27.0. The average molecular weight is 325 g/mol. The van der Waals surface area contributed by atoms with Gasteiger partial charge in [0.1, 0.15) is 5.69 Å². The van der Waals surface area contributed by atoms with E-state index < -0.39 is 0 Å². The summed E-state index contributed by atoms with van der Waals surface area (Å²) in [6.07, 6.45) is 7.35. The maximum absolute atomic E-state index is 13.2. The van der Waals surface area contributed by atoms with Crippen molar-refractivity contribution in [2.45, 2.75) is 12.3 Å². The predicted octanol–water partition coefficient (Wildman–Crippen LogP) is 5.02. The van der Waals surface area contributed by atoms with Gasteiger partial charge in [0.15, 0.2) is 5.78 Å². The van der Waals surface area contributed by atoms with E-state index in [1.54, 1.807) is 6.20 Å². The van der Waals surface area contributed by atoms with Crippen LogP contribution in [0.3, 0.4) is 0 Å². The van der Waals surface area contributed by atoms with Crippen LogP contribution in [0.5, 0.6) is 0 Å². The van der Waals surface area contributed by atoms with E-state index in [4.69, 9.17) is 0 Å². The summed E-state index contributed by atoms with van der Waals surface area (Å²) in [5.74, 6) is 1.26. The molecule has 2 heteroatoms. The lowest BCUT2D eigenvalue weighted by atomic mass is 9.75. The number of fused-ring (bicyclic) bond motifs is 3. The molecule has 25 heavy (non-hydrogen) atoms. The molecule has 1 saturated carbocycles. The third-order valence-corrected chi connectivity index (χ3v) is 5.84. The molecule has 2 aliphatic rings. The Kier molecular flexibility index (Phi) is 3.30. The number of nitrogens with zero attached hydrogens (tertiary/aromatic N) is 1. The molecule has 2 aromatic carbocycles. The number of aromatic nitrogens is 1. The van der Waals surface area contributed by atoms with Crippen LogP contribution in [0.25, 0.3) is 10.8 Å². The predicted molar refractivity (Wildman–Crippen MR) is 99.5 cm³/mol. The molecule has 0 radical (unpaired) electrons. The van der Waals surface area contributed by atoms with Gasteiger partial charge in [-0.3, -0.25) is 9.78 Å². The highest BCUT2D eigenvalue weighted by Gasteiger charge is 2.48. The molecule has 0 amide bonds. The van der Waals surface area contributed by atoms with Crippen LogP contribution in [0, 0.1) is 17.8 Å². The fraction of sp³-hybridized carbons (Fsp3) is 0.217. The van der Waals surface area contributed by atoms with Gasteiger partial charge in [0.2, 0.25) is 0 Å². The number of carbonyl (C=O) groups is 1. The first-order chi connectivity index (χ1) is 12.3. The quantitative estimate of drug-likeness (QED) is 0.500. The summed E-state index contributed by atoms with van der Waals surface area (Å²) in [6.45, 7) is 0. The Hall–Kier alpha value is -2.74. The Morgan fingerprint density at radius 2 is 1.68 bits per heavy atom. The number of ketones is 1. The van der Waals surface area contributed by atoms with Crippen molar-refractivity contribution < 1.29 is 4.79 Å². The zero-order valence-corrected chi connectivity index (χ0v) is 13.9. The van der Waals surface area contributed by atoms with Gasteiger partial charge in [-0.05, 0) is 46.7 Å². The number of benzene rings is 2. The van der Waals surface area contributed by atoms with Crippen LogP contribution < -0.4 is 0 Å². The third kappa shape index (κ3) is 2.32. The molecule has 0 unspecified atom stereocenters. The molecule has 0 N–H and O–H groups in total. The summed E-state index contributed by atoms with van der Waals surface area (Å²) in [5.41, 5.74) is 1.88. The topological polar surface area (TPSA) is 30.0 Å².